The van der Waals surface area contributed by atoms with Crippen LogP contribution >= 0.6 is 0 Å². The normalized spacial score (nSPS) is 8.71. The van der Waals surface area contributed by atoms with Gasteiger partial charge < -0.3 is 0 Å². The van der Waals surface area contributed by atoms with E-state index >= 15 is 0 Å². The van der Waals surface area contributed by atoms with Crippen molar-refractivity contribution in [1.82, 2.24) is 0 Å². The van der Waals surface area contributed by atoms with E-state index in [4.69, 9.17) is 0 Å². The molecule has 0 aliphatic rings. The highest BCUT2D eigenvalue weighted by Crippen LogP contribution is 2.09. The largest absolute Gasteiger partial charge is 0.0979 e. The summed E-state index contributed by atoms with van der Waals surface area (Å²) in [5, 5.41) is 0. The van der Waals surface area contributed by atoms with Gasteiger partial charge in [0.1, 0.15) is 0 Å². The lowest BCUT2D eigenvalue weighted by Gasteiger charge is -1.97. The molecule has 0 heterocycles. The zero-order chi connectivity index (χ0) is 15.3. The van der Waals surface area contributed by atoms with E-state index in [0.29, 0.717) is 0 Å². The molecule has 0 heteroatoms. The van der Waals surface area contributed by atoms with Crippen molar-refractivity contribution in [1.29, 1.82) is 0 Å². The summed E-state index contributed by atoms with van der Waals surface area (Å²) in [6.45, 7) is 6.43. The zero-order valence-corrected chi connectivity index (χ0v) is 13.5. The Morgan fingerprint density at radius 1 is 0.571 bits per heavy atom. The molecule has 0 spiro atoms. The third kappa shape index (κ3) is 7.30. The van der Waals surface area contributed by atoms with Gasteiger partial charge in [0.15, 0.2) is 0 Å². The number of hydrogen-bond donors (Lipinski definition) is 0. The smallest absolute Gasteiger partial charge is 0.0270 e. The molecule has 1 aromatic rings. The molecule has 21 heavy (non-hydrogen) atoms. The third-order valence-electron chi connectivity index (χ3n) is 2.76. The van der Waals surface area contributed by atoms with Gasteiger partial charge in [-0.25, -0.2) is 0 Å². The standard InChI is InChI=1S/C21H24/c1-4-7-10-13-19-16-20(14-11-8-5-2)18-21(17-19)15-12-9-6-3/h16-18H,4-9H2,1-3H3. The molecule has 0 bridgehead atoms. The van der Waals surface area contributed by atoms with Crippen LogP contribution in [0.25, 0.3) is 0 Å². The third-order valence-corrected chi connectivity index (χ3v) is 2.76. The van der Waals surface area contributed by atoms with E-state index in [1.54, 1.807) is 0 Å². The van der Waals surface area contributed by atoms with Gasteiger partial charge in [-0.3, -0.25) is 0 Å². The zero-order valence-electron chi connectivity index (χ0n) is 13.5. The minimum Gasteiger partial charge on any atom is -0.0979 e. The monoisotopic (exact) mass is 276 g/mol. The Morgan fingerprint density at radius 3 is 1.10 bits per heavy atom. The molecule has 0 amide bonds. The van der Waals surface area contributed by atoms with Gasteiger partial charge in [-0.15, -0.1) is 0 Å². The van der Waals surface area contributed by atoms with Gasteiger partial charge in [0, 0.05) is 36.0 Å². The highest BCUT2D eigenvalue weighted by molar-refractivity contribution is 5.51. The van der Waals surface area contributed by atoms with Crippen molar-refractivity contribution in [2.75, 3.05) is 0 Å². The van der Waals surface area contributed by atoms with Gasteiger partial charge in [0.2, 0.25) is 0 Å². The Balaban J connectivity index is 3.06. The van der Waals surface area contributed by atoms with Crippen molar-refractivity contribution < 1.29 is 0 Å². The highest BCUT2D eigenvalue weighted by atomic mass is 14.0. The van der Waals surface area contributed by atoms with Gasteiger partial charge in [0.05, 0.1) is 0 Å². The Kier molecular flexibility index (Phi) is 8.61. The quantitative estimate of drug-likeness (QED) is 0.670. The average Bonchev–Trinajstić information content (AvgIpc) is 2.48. The topological polar surface area (TPSA) is 0 Å². The minimum absolute atomic E-state index is 0.933. The molecule has 0 N–H and O–H groups in total. The molecule has 0 saturated heterocycles. The Labute approximate surface area is 130 Å². The maximum Gasteiger partial charge on any atom is 0.0270 e. The molecule has 0 fully saturated rings. The minimum atomic E-state index is 0.933. The molecule has 108 valence electrons. The summed E-state index contributed by atoms with van der Waals surface area (Å²) in [7, 11) is 0. The fourth-order valence-electron chi connectivity index (χ4n) is 1.71. The maximum atomic E-state index is 3.22. The Bertz CT molecular complexity index is 512. The molecule has 0 radical (unpaired) electrons. The Hall–Kier alpha value is -2.10. The Morgan fingerprint density at radius 2 is 0.857 bits per heavy atom. The van der Waals surface area contributed by atoms with Crippen LogP contribution in [0.15, 0.2) is 18.2 Å². The fraction of sp³-hybridized carbons (Fsp3) is 0.429. The summed E-state index contributed by atoms with van der Waals surface area (Å²) in [5.74, 6) is 19.2. The predicted octanol–water partition coefficient (Wildman–Crippen LogP) is 5.14. The lowest BCUT2D eigenvalue weighted by molar-refractivity contribution is 0.983. The van der Waals surface area contributed by atoms with Gasteiger partial charge in [-0.2, -0.15) is 0 Å². The highest BCUT2D eigenvalue weighted by Gasteiger charge is 1.96. The van der Waals surface area contributed by atoms with Crippen molar-refractivity contribution in [3.63, 3.8) is 0 Å². The second-order valence-corrected chi connectivity index (χ2v) is 4.95. The van der Waals surface area contributed by atoms with Crippen LogP contribution in [-0.2, 0) is 0 Å². The van der Waals surface area contributed by atoms with E-state index < -0.39 is 0 Å². The first-order chi connectivity index (χ1) is 10.3. The van der Waals surface area contributed by atoms with Crippen LogP contribution in [0.4, 0.5) is 0 Å². The number of rotatable bonds is 3. The molecule has 0 atom stereocenters. The first kappa shape index (κ1) is 17.0. The van der Waals surface area contributed by atoms with E-state index in [1.165, 1.54) is 0 Å². The molecular weight excluding hydrogens is 252 g/mol. The second kappa shape index (κ2) is 10.7. The van der Waals surface area contributed by atoms with Crippen molar-refractivity contribution in [2.24, 2.45) is 0 Å². The summed E-state index contributed by atoms with van der Waals surface area (Å²) in [6.07, 6.45) is 6.07. The van der Waals surface area contributed by atoms with Gasteiger partial charge in [-0.1, -0.05) is 56.3 Å². The lowest BCUT2D eigenvalue weighted by atomic mass is 10.1. The molecule has 1 rings (SSSR count). The van der Waals surface area contributed by atoms with Gasteiger partial charge in [-0.05, 0) is 37.5 Å². The van der Waals surface area contributed by atoms with Crippen LogP contribution in [0.2, 0.25) is 0 Å². The first-order valence-electron chi connectivity index (χ1n) is 7.91. The summed E-state index contributed by atoms with van der Waals surface area (Å²) in [5.41, 5.74) is 3.06. The van der Waals surface area contributed by atoms with Crippen LogP contribution in [-0.4, -0.2) is 0 Å². The molecule has 0 saturated carbocycles. The van der Waals surface area contributed by atoms with E-state index in [9.17, 15) is 0 Å². The van der Waals surface area contributed by atoms with Crippen LogP contribution in [0.1, 0.15) is 76.0 Å². The molecular formula is C21H24. The number of hydrogen-bond acceptors (Lipinski definition) is 0. The molecule has 0 aliphatic heterocycles. The van der Waals surface area contributed by atoms with Gasteiger partial charge in [0.25, 0.3) is 0 Å². The van der Waals surface area contributed by atoms with E-state index in [-0.39, 0.29) is 0 Å². The maximum absolute atomic E-state index is 3.22. The van der Waals surface area contributed by atoms with Crippen LogP contribution in [0.3, 0.4) is 0 Å². The molecule has 0 nitrogen and oxygen atoms in total. The van der Waals surface area contributed by atoms with Crippen molar-refractivity contribution in [3.8, 4) is 35.5 Å². The van der Waals surface area contributed by atoms with E-state index in [1.807, 2.05) is 0 Å². The molecule has 1 aromatic carbocycles. The van der Waals surface area contributed by atoms with Crippen LogP contribution < -0.4 is 0 Å². The molecule has 0 aromatic heterocycles. The van der Waals surface area contributed by atoms with E-state index in [2.05, 4.69) is 74.5 Å². The second-order valence-electron chi connectivity index (χ2n) is 4.95. The molecule has 0 aliphatic carbocycles. The fourth-order valence-corrected chi connectivity index (χ4v) is 1.71. The summed E-state index contributed by atoms with van der Waals surface area (Å²) >= 11 is 0. The first-order valence-corrected chi connectivity index (χ1v) is 7.91. The number of benzene rings is 1. The predicted molar refractivity (Wildman–Crippen MR) is 91.8 cm³/mol. The van der Waals surface area contributed by atoms with E-state index in [0.717, 1.165) is 55.2 Å². The van der Waals surface area contributed by atoms with Crippen LogP contribution in [0.5, 0.6) is 0 Å². The van der Waals surface area contributed by atoms with Crippen molar-refractivity contribution >= 4 is 0 Å². The van der Waals surface area contributed by atoms with Crippen molar-refractivity contribution in [2.45, 2.75) is 59.3 Å². The summed E-state index contributed by atoms with van der Waals surface area (Å²) in [6, 6.07) is 6.20. The van der Waals surface area contributed by atoms with Crippen molar-refractivity contribution in [3.05, 3.63) is 34.9 Å². The summed E-state index contributed by atoms with van der Waals surface area (Å²) in [4.78, 5) is 0. The number of unbranched alkanes of at least 4 members (excludes halogenated alkanes) is 3. The summed E-state index contributed by atoms with van der Waals surface area (Å²) < 4.78 is 0. The van der Waals surface area contributed by atoms with Crippen LogP contribution in [0, 0.1) is 35.5 Å². The average molecular weight is 276 g/mol. The SMILES string of the molecule is CCCC#Cc1cc(C#CCCC)cc(C#CCCC)c1. The lowest BCUT2D eigenvalue weighted by Crippen LogP contribution is -1.84. The molecule has 0 unspecified atom stereocenters. The van der Waals surface area contributed by atoms with Gasteiger partial charge >= 0.3 is 0 Å².